The van der Waals surface area contributed by atoms with E-state index in [2.05, 4.69) is 58.0 Å². The summed E-state index contributed by atoms with van der Waals surface area (Å²) in [5, 5.41) is 0. The fraction of sp³-hybridized carbons (Fsp3) is 0.375. The molecule has 3 heteroatoms. The van der Waals surface area contributed by atoms with Crippen LogP contribution in [0.15, 0.2) is 35.9 Å². The predicted molar refractivity (Wildman–Crippen MR) is 105 cm³/mol. The Morgan fingerprint density at radius 1 is 0.852 bits per heavy atom. The lowest BCUT2D eigenvalue weighted by Gasteiger charge is -2.33. The van der Waals surface area contributed by atoms with Crippen molar-refractivity contribution in [3.63, 3.8) is 0 Å². The van der Waals surface area contributed by atoms with E-state index in [4.69, 9.17) is 9.47 Å². The van der Waals surface area contributed by atoms with Crippen LogP contribution < -0.4 is 9.47 Å². The van der Waals surface area contributed by atoms with E-state index in [1.165, 1.54) is 11.1 Å². The van der Waals surface area contributed by atoms with E-state index >= 15 is 0 Å². The Morgan fingerprint density at radius 2 is 1.44 bits per heavy atom. The van der Waals surface area contributed by atoms with Gasteiger partial charge in [-0.25, -0.2) is 0 Å². The van der Waals surface area contributed by atoms with Crippen LogP contribution in [0.1, 0.15) is 47.2 Å². The first-order valence-electron chi connectivity index (χ1n) is 9.52. The van der Waals surface area contributed by atoms with Gasteiger partial charge in [0.05, 0.1) is 5.41 Å². The number of carbonyl (C=O) groups excluding carboxylic acids is 1. The number of ether oxygens (including phenoxy) is 2. The number of benzene rings is 2. The van der Waals surface area contributed by atoms with Crippen LogP contribution in [0, 0.1) is 27.7 Å². The third-order valence-corrected chi connectivity index (χ3v) is 6.67. The molecule has 0 radical (unpaired) electrons. The zero-order valence-corrected chi connectivity index (χ0v) is 16.7. The van der Waals surface area contributed by atoms with Crippen LogP contribution in [0.3, 0.4) is 0 Å². The molecule has 0 bridgehead atoms. The zero-order valence-electron chi connectivity index (χ0n) is 16.7. The molecule has 5 rings (SSSR count). The number of hydrogen-bond acceptors (Lipinski definition) is 3. The fourth-order valence-electron chi connectivity index (χ4n) is 5.64. The summed E-state index contributed by atoms with van der Waals surface area (Å²) in [4.78, 5) is 13.4. The molecule has 0 saturated carbocycles. The van der Waals surface area contributed by atoms with Gasteiger partial charge >= 0.3 is 5.97 Å². The minimum absolute atomic E-state index is 0.212. The summed E-state index contributed by atoms with van der Waals surface area (Å²) >= 11 is 0. The summed E-state index contributed by atoms with van der Waals surface area (Å²) in [5.41, 5.74) is 6.38. The van der Waals surface area contributed by atoms with Crippen molar-refractivity contribution < 1.29 is 14.3 Å². The number of carbonyl (C=O) groups is 1. The van der Waals surface area contributed by atoms with Crippen LogP contribution in [-0.4, -0.2) is 12.1 Å². The zero-order chi connectivity index (χ0) is 19.3. The highest BCUT2D eigenvalue weighted by Crippen LogP contribution is 2.62. The Labute approximate surface area is 160 Å². The van der Waals surface area contributed by atoms with Crippen molar-refractivity contribution in [3.05, 3.63) is 69.3 Å². The van der Waals surface area contributed by atoms with Crippen molar-refractivity contribution in [1.82, 2.24) is 0 Å². The average Bonchev–Trinajstić information content (AvgIpc) is 3.09. The van der Waals surface area contributed by atoms with Crippen LogP contribution in [0.2, 0.25) is 0 Å². The van der Waals surface area contributed by atoms with E-state index < -0.39 is 5.41 Å². The van der Waals surface area contributed by atoms with Gasteiger partial charge in [-0.15, -0.1) is 0 Å². The molecule has 27 heavy (non-hydrogen) atoms. The second-order valence-corrected chi connectivity index (χ2v) is 8.72. The molecule has 138 valence electrons. The van der Waals surface area contributed by atoms with Crippen molar-refractivity contribution in [2.75, 3.05) is 0 Å². The number of rotatable bonds is 0. The maximum absolute atomic E-state index is 13.4. The summed E-state index contributed by atoms with van der Waals surface area (Å²) in [6.45, 7) is 12.5. The predicted octanol–water partition coefficient (Wildman–Crippen LogP) is 4.76. The molecule has 0 N–H and O–H groups in total. The molecule has 0 aromatic heterocycles. The standard InChI is InChI=1S/C24H24O3/c1-12-7-14(3)19-17(9-12)23(6)11-16(5)24(21(23)26-19)18-10-13(2)8-15(4)20(18)27-22(24)25/h7-11,21H,1-6H3/t21?,23-,24+/m0/s1. The molecular formula is C24H24O3. The van der Waals surface area contributed by atoms with Gasteiger partial charge in [-0.2, -0.15) is 0 Å². The van der Waals surface area contributed by atoms with Gasteiger partial charge in [0, 0.05) is 11.1 Å². The molecule has 1 spiro atoms. The van der Waals surface area contributed by atoms with Crippen molar-refractivity contribution in [1.29, 1.82) is 0 Å². The van der Waals surface area contributed by atoms with Gasteiger partial charge in [0.1, 0.15) is 17.6 Å². The van der Waals surface area contributed by atoms with Crippen LogP contribution in [0.25, 0.3) is 0 Å². The minimum Gasteiger partial charge on any atom is -0.487 e. The van der Waals surface area contributed by atoms with Crippen LogP contribution >= 0.6 is 0 Å². The average molecular weight is 360 g/mol. The van der Waals surface area contributed by atoms with Gasteiger partial charge in [-0.05, 0) is 52.7 Å². The highest BCUT2D eigenvalue weighted by Gasteiger charge is 2.68. The van der Waals surface area contributed by atoms with Gasteiger partial charge in [-0.3, -0.25) is 4.79 Å². The van der Waals surface area contributed by atoms with Crippen LogP contribution in [0.4, 0.5) is 0 Å². The molecule has 0 saturated heterocycles. The number of fused-ring (bicyclic) bond motifs is 6. The number of aryl methyl sites for hydroxylation is 4. The van der Waals surface area contributed by atoms with Gasteiger partial charge < -0.3 is 9.47 Å². The molecule has 3 aliphatic rings. The lowest BCUT2D eigenvalue weighted by Crippen LogP contribution is -2.50. The van der Waals surface area contributed by atoms with Gasteiger partial charge in [-0.1, -0.05) is 47.0 Å². The Hall–Kier alpha value is -2.55. The quantitative estimate of drug-likeness (QED) is 0.386. The van der Waals surface area contributed by atoms with Crippen molar-refractivity contribution in [2.24, 2.45) is 0 Å². The highest BCUT2D eigenvalue weighted by molar-refractivity contribution is 5.97. The maximum Gasteiger partial charge on any atom is 0.330 e. The van der Waals surface area contributed by atoms with E-state index in [0.29, 0.717) is 5.75 Å². The van der Waals surface area contributed by atoms with Crippen LogP contribution in [0.5, 0.6) is 11.5 Å². The van der Waals surface area contributed by atoms with E-state index in [1.807, 2.05) is 13.8 Å². The van der Waals surface area contributed by atoms with E-state index in [-0.39, 0.29) is 17.5 Å². The highest BCUT2D eigenvalue weighted by atomic mass is 16.6. The van der Waals surface area contributed by atoms with Crippen molar-refractivity contribution >= 4 is 5.97 Å². The van der Waals surface area contributed by atoms with E-state index in [0.717, 1.165) is 33.6 Å². The topological polar surface area (TPSA) is 35.5 Å². The summed E-state index contributed by atoms with van der Waals surface area (Å²) in [6, 6.07) is 8.51. The van der Waals surface area contributed by atoms with Crippen molar-refractivity contribution in [2.45, 2.75) is 58.5 Å². The molecule has 3 nitrogen and oxygen atoms in total. The Morgan fingerprint density at radius 3 is 2.11 bits per heavy atom. The van der Waals surface area contributed by atoms with Gasteiger partial charge in [0.25, 0.3) is 0 Å². The van der Waals surface area contributed by atoms with E-state index in [1.54, 1.807) is 0 Å². The Kier molecular flexibility index (Phi) is 2.97. The lowest BCUT2D eigenvalue weighted by atomic mass is 9.68. The third-order valence-electron chi connectivity index (χ3n) is 6.67. The molecule has 3 atom stereocenters. The summed E-state index contributed by atoms with van der Waals surface area (Å²) in [6.07, 6.45) is 1.91. The fourth-order valence-corrected chi connectivity index (χ4v) is 5.64. The summed E-state index contributed by atoms with van der Waals surface area (Å²) in [7, 11) is 0. The van der Waals surface area contributed by atoms with Gasteiger partial charge in [0.15, 0.2) is 5.41 Å². The summed E-state index contributed by atoms with van der Waals surface area (Å²) < 4.78 is 12.4. The normalized spacial score (nSPS) is 29.9. The molecule has 1 unspecified atom stereocenters. The molecule has 0 amide bonds. The Balaban J connectivity index is 1.81. The minimum atomic E-state index is -0.875. The molecule has 1 aliphatic carbocycles. The smallest absolute Gasteiger partial charge is 0.330 e. The molecular weight excluding hydrogens is 336 g/mol. The Bertz CT molecular complexity index is 1080. The maximum atomic E-state index is 13.4. The monoisotopic (exact) mass is 360 g/mol. The number of esters is 1. The van der Waals surface area contributed by atoms with E-state index in [9.17, 15) is 4.79 Å². The lowest BCUT2D eigenvalue weighted by molar-refractivity contribution is -0.140. The van der Waals surface area contributed by atoms with Gasteiger partial charge in [0.2, 0.25) is 0 Å². The molecule has 2 aromatic carbocycles. The molecule has 2 heterocycles. The number of hydrogen-bond donors (Lipinski definition) is 0. The second kappa shape index (κ2) is 4.83. The largest absolute Gasteiger partial charge is 0.487 e. The molecule has 2 aliphatic heterocycles. The van der Waals surface area contributed by atoms with Crippen molar-refractivity contribution in [3.8, 4) is 11.5 Å². The second-order valence-electron chi connectivity index (χ2n) is 8.72. The SMILES string of the molecule is CC1=C[C@@]2(C)c3cc(C)cc(C)c3OC2[C@@]12C(=O)Oc1c(C)cc(C)cc12. The van der Waals surface area contributed by atoms with Crippen LogP contribution in [-0.2, 0) is 15.6 Å². The molecule has 0 fully saturated rings. The summed E-state index contributed by atoms with van der Waals surface area (Å²) in [5.74, 6) is 1.41. The third kappa shape index (κ3) is 1.75. The first-order valence-corrected chi connectivity index (χ1v) is 9.52. The molecule has 2 aromatic rings. The first kappa shape index (κ1) is 16.6. The first-order chi connectivity index (χ1) is 12.7.